The molecule has 0 fully saturated rings. The third-order valence-corrected chi connectivity index (χ3v) is 3.14. The molecule has 0 unspecified atom stereocenters. The largest absolute Gasteiger partial charge is 0.461 e. The van der Waals surface area contributed by atoms with Crippen LogP contribution in [0.25, 0.3) is 0 Å². The molecule has 0 amide bonds. The van der Waals surface area contributed by atoms with Crippen molar-refractivity contribution in [2.75, 3.05) is 6.61 Å². The Morgan fingerprint density at radius 2 is 2.22 bits per heavy atom. The van der Waals surface area contributed by atoms with Gasteiger partial charge in [-0.25, -0.2) is 4.79 Å². The average Bonchev–Trinajstić information content (AvgIpc) is 2.65. The van der Waals surface area contributed by atoms with Gasteiger partial charge < -0.3 is 9.47 Å². The van der Waals surface area contributed by atoms with Crippen LogP contribution in [0.1, 0.15) is 49.4 Å². The Kier molecular flexibility index (Phi) is 3.43. The van der Waals surface area contributed by atoms with Crippen molar-refractivity contribution >= 4 is 5.97 Å². The maximum atomic E-state index is 11.9. The first kappa shape index (κ1) is 13.1. The van der Waals surface area contributed by atoms with Crippen molar-refractivity contribution in [1.29, 1.82) is 0 Å². The van der Waals surface area contributed by atoms with Crippen LogP contribution < -0.4 is 0 Å². The van der Waals surface area contributed by atoms with E-state index in [-0.39, 0.29) is 11.6 Å². The number of hydrogen-bond acceptors (Lipinski definition) is 4. The van der Waals surface area contributed by atoms with Crippen LogP contribution in [0.3, 0.4) is 0 Å². The van der Waals surface area contributed by atoms with E-state index in [0.29, 0.717) is 18.9 Å². The van der Waals surface area contributed by atoms with E-state index in [1.165, 1.54) is 0 Å². The summed E-state index contributed by atoms with van der Waals surface area (Å²) in [4.78, 5) is 11.9. The molecule has 2 heterocycles. The lowest BCUT2D eigenvalue weighted by molar-refractivity contribution is -0.0420. The second-order valence-electron chi connectivity index (χ2n) is 5.04. The highest BCUT2D eigenvalue weighted by molar-refractivity contribution is 5.89. The van der Waals surface area contributed by atoms with E-state index >= 15 is 0 Å². The van der Waals surface area contributed by atoms with E-state index in [4.69, 9.17) is 9.47 Å². The molecule has 0 bridgehead atoms. The van der Waals surface area contributed by atoms with Crippen molar-refractivity contribution in [3.63, 3.8) is 0 Å². The van der Waals surface area contributed by atoms with Crippen molar-refractivity contribution in [2.45, 2.75) is 52.9 Å². The second kappa shape index (κ2) is 4.72. The maximum absolute atomic E-state index is 11.9. The highest BCUT2D eigenvalue weighted by atomic mass is 16.5. The molecule has 5 heteroatoms. The molecular formula is C13H20N2O3. The van der Waals surface area contributed by atoms with Crippen molar-refractivity contribution < 1.29 is 14.3 Å². The smallest absolute Gasteiger partial charge is 0.359 e. The number of hydrogen-bond donors (Lipinski definition) is 0. The summed E-state index contributed by atoms with van der Waals surface area (Å²) >= 11 is 0. The number of rotatable bonds is 3. The number of nitrogens with zero attached hydrogens (tertiary/aromatic N) is 2. The van der Waals surface area contributed by atoms with E-state index in [2.05, 4.69) is 5.10 Å². The lowest BCUT2D eigenvalue weighted by Crippen LogP contribution is -2.33. The zero-order chi connectivity index (χ0) is 13.3. The molecule has 0 N–H and O–H groups in total. The van der Waals surface area contributed by atoms with Gasteiger partial charge in [0.05, 0.1) is 18.8 Å². The van der Waals surface area contributed by atoms with Crippen LogP contribution >= 0.6 is 0 Å². The SMILES string of the molecule is CCOC(=O)c1nn(CC)c2c1COC(C)(C)C2. The normalized spacial score (nSPS) is 17.3. The molecule has 0 saturated heterocycles. The Hall–Kier alpha value is -1.36. The monoisotopic (exact) mass is 252 g/mol. The van der Waals surface area contributed by atoms with Crippen LogP contribution in [-0.4, -0.2) is 28.0 Å². The predicted molar refractivity (Wildman–Crippen MR) is 66.4 cm³/mol. The average molecular weight is 252 g/mol. The Morgan fingerprint density at radius 3 is 2.83 bits per heavy atom. The fraction of sp³-hybridized carbons (Fsp3) is 0.692. The van der Waals surface area contributed by atoms with Crippen LogP contribution in [0.2, 0.25) is 0 Å². The van der Waals surface area contributed by atoms with E-state index in [0.717, 1.165) is 24.2 Å². The van der Waals surface area contributed by atoms with Crippen molar-refractivity contribution in [3.8, 4) is 0 Å². The molecule has 0 aromatic carbocycles. The predicted octanol–water partition coefficient (Wildman–Crippen LogP) is 1.93. The van der Waals surface area contributed by atoms with Gasteiger partial charge in [0.15, 0.2) is 5.69 Å². The van der Waals surface area contributed by atoms with Crippen molar-refractivity contribution in [2.24, 2.45) is 0 Å². The van der Waals surface area contributed by atoms with Gasteiger partial charge in [-0.05, 0) is 27.7 Å². The molecule has 18 heavy (non-hydrogen) atoms. The summed E-state index contributed by atoms with van der Waals surface area (Å²) in [7, 11) is 0. The number of aryl methyl sites for hydroxylation is 1. The Balaban J connectivity index is 2.41. The van der Waals surface area contributed by atoms with Gasteiger partial charge in [0, 0.05) is 24.2 Å². The number of carbonyl (C=O) groups excluding carboxylic acids is 1. The van der Waals surface area contributed by atoms with E-state index < -0.39 is 0 Å². The molecule has 1 aromatic rings. The summed E-state index contributed by atoms with van der Waals surface area (Å²) in [5.41, 5.74) is 2.18. The number of aromatic nitrogens is 2. The molecule has 0 atom stereocenters. The zero-order valence-electron chi connectivity index (χ0n) is 11.4. The van der Waals surface area contributed by atoms with Crippen molar-refractivity contribution in [1.82, 2.24) is 9.78 Å². The summed E-state index contributed by atoms with van der Waals surface area (Å²) in [6.45, 7) is 9.44. The minimum atomic E-state index is -0.357. The quantitative estimate of drug-likeness (QED) is 0.771. The first-order valence-electron chi connectivity index (χ1n) is 6.38. The number of esters is 1. The van der Waals surface area contributed by atoms with Crippen LogP contribution in [0, 0.1) is 0 Å². The Bertz CT molecular complexity index is 463. The molecule has 2 rings (SSSR count). The van der Waals surface area contributed by atoms with Crippen LogP contribution in [-0.2, 0) is 29.0 Å². The molecule has 5 nitrogen and oxygen atoms in total. The van der Waals surface area contributed by atoms with Gasteiger partial charge in [-0.3, -0.25) is 4.68 Å². The first-order chi connectivity index (χ1) is 8.48. The van der Waals surface area contributed by atoms with Crippen LogP contribution in [0.5, 0.6) is 0 Å². The van der Waals surface area contributed by atoms with Gasteiger partial charge >= 0.3 is 5.97 Å². The summed E-state index contributed by atoms with van der Waals surface area (Å²) in [5.74, 6) is -0.357. The van der Waals surface area contributed by atoms with E-state index in [1.54, 1.807) is 6.92 Å². The summed E-state index contributed by atoms with van der Waals surface area (Å²) in [5, 5.41) is 4.36. The molecule has 0 saturated carbocycles. The van der Waals surface area contributed by atoms with Gasteiger partial charge in [0.25, 0.3) is 0 Å². The maximum Gasteiger partial charge on any atom is 0.359 e. The zero-order valence-corrected chi connectivity index (χ0v) is 11.4. The topological polar surface area (TPSA) is 53.3 Å². The van der Waals surface area contributed by atoms with Crippen LogP contribution in [0.15, 0.2) is 0 Å². The van der Waals surface area contributed by atoms with Gasteiger partial charge in [0.1, 0.15) is 0 Å². The molecule has 0 spiro atoms. The highest BCUT2D eigenvalue weighted by Gasteiger charge is 2.33. The van der Waals surface area contributed by atoms with Gasteiger partial charge in [0.2, 0.25) is 0 Å². The molecule has 1 aliphatic rings. The third kappa shape index (κ3) is 2.27. The van der Waals surface area contributed by atoms with Crippen molar-refractivity contribution in [3.05, 3.63) is 17.0 Å². The summed E-state index contributed by atoms with van der Waals surface area (Å²) in [6.07, 6.45) is 0.766. The van der Waals surface area contributed by atoms with Gasteiger partial charge in [-0.15, -0.1) is 0 Å². The summed E-state index contributed by atoms with van der Waals surface area (Å²) in [6, 6.07) is 0. The summed E-state index contributed by atoms with van der Waals surface area (Å²) < 4.78 is 12.7. The fourth-order valence-corrected chi connectivity index (χ4v) is 2.23. The Labute approximate surface area is 107 Å². The molecule has 100 valence electrons. The molecule has 0 aliphatic carbocycles. The van der Waals surface area contributed by atoms with Gasteiger partial charge in [-0.2, -0.15) is 5.10 Å². The second-order valence-corrected chi connectivity index (χ2v) is 5.04. The standard InChI is InChI=1S/C13H20N2O3/c1-5-15-10-7-13(3,4)18-8-9(10)11(14-15)12(16)17-6-2/h5-8H2,1-4H3. The molecule has 1 aliphatic heterocycles. The number of carbonyl (C=O) groups is 1. The first-order valence-corrected chi connectivity index (χ1v) is 6.38. The minimum Gasteiger partial charge on any atom is -0.461 e. The number of ether oxygens (including phenoxy) is 2. The highest BCUT2D eigenvalue weighted by Crippen LogP contribution is 2.30. The van der Waals surface area contributed by atoms with Crippen LogP contribution in [0.4, 0.5) is 0 Å². The van der Waals surface area contributed by atoms with E-state index in [1.807, 2.05) is 25.5 Å². The Morgan fingerprint density at radius 1 is 1.50 bits per heavy atom. The van der Waals surface area contributed by atoms with E-state index in [9.17, 15) is 4.79 Å². The lowest BCUT2D eigenvalue weighted by atomic mass is 9.96. The van der Waals surface area contributed by atoms with Gasteiger partial charge in [-0.1, -0.05) is 0 Å². The molecule has 1 aromatic heterocycles. The lowest BCUT2D eigenvalue weighted by Gasteiger charge is -2.30. The third-order valence-electron chi connectivity index (χ3n) is 3.14. The minimum absolute atomic E-state index is 0.202. The molecule has 0 radical (unpaired) electrons. The fourth-order valence-electron chi connectivity index (χ4n) is 2.23. The molecular weight excluding hydrogens is 232 g/mol. The number of fused-ring (bicyclic) bond motifs is 1.